The Bertz CT molecular complexity index is 809. The van der Waals surface area contributed by atoms with Crippen molar-refractivity contribution in [2.75, 3.05) is 51.2 Å². The predicted octanol–water partition coefficient (Wildman–Crippen LogP) is 3.77. The van der Waals surface area contributed by atoms with Crippen LogP contribution in [0.1, 0.15) is 40.2 Å². The lowest BCUT2D eigenvalue weighted by Crippen LogP contribution is -2.44. The molecule has 2 aromatic carbocycles. The van der Waals surface area contributed by atoms with E-state index in [0.29, 0.717) is 5.92 Å². The lowest BCUT2D eigenvalue weighted by Gasteiger charge is -2.35. The molecule has 2 aliphatic rings. The van der Waals surface area contributed by atoms with Gasteiger partial charge in [0.1, 0.15) is 0 Å². The van der Waals surface area contributed by atoms with Gasteiger partial charge in [0.2, 0.25) is 0 Å². The van der Waals surface area contributed by atoms with Crippen LogP contribution in [0.25, 0.3) is 0 Å². The Labute approximate surface area is 168 Å². The molecule has 0 aliphatic carbocycles. The minimum atomic E-state index is 0.170. The number of benzene rings is 2. The standard InChI is InChI=1S/C24H31N3O/c1-19-6-3-4-8-23(19)21-7-5-13-27(18-21)24(28)20-9-11-22(12-10-20)26-16-14-25(2)15-17-26/h3-4,6,8-12,21H,5,7,13-18H2,1-2H3/t21-/m1/s1. The summed E-state index contributed by atoms with van der Waals surface area (Å²) in [5.41, 5.74) is 4.76. The molecular formula is C24H31N3O. The zero-order valence-corrected chi connectivity index (χ0v) is 17.1. The van der Waals surface area contributed by atoms with Gasteiger partial charge < -0.3 is 14.7 Å². The second-order valence-corrected chi connectivity index (χ2v) is 8.28. The zero-order valence-electron chi connectivity index (χ0n) is 17.1. The van der Waals surface area contributed by atoms with Crippen LogP contribution in [0.4, 0.5) is 5.69 Å². The number of rotatable bonds is 3. The molecule has 0 radical (unpaired) electrons. The molecule has 28 heavy (non-hydrogen) atoms. The molecule has 0 unspecified atom stereocenters. The Balaban J connectivity index is 1.43. The van der Waals surface area contributed by atoms with E-state index in [2.05, 4.69) is 60.2 Å². The molecule has 4 rings (SSSR count). The molecule has 4 nitrogen and oxygen atoms in total. The van der Waals surface area contributed by atoms with Gasteiger partial charge in [0.05, 0.1) is 0 Å². The summed E-state index contributed by atoms with van der Waals surface area (Å²) < 4.78 is 0. The van der Waals surface area contributed by atoms with E-state index < -0.39 is 0 Å². The fraction of sp³-hybridized carbons (Fsp3) is 0.458. The first-order chi connectivity index (χ1) is 13.6. The summed E-state index contributed by atoms with van der Waals surface area (Å²) in [4.78, 5) is 19.9. The van der Waals surface area contributed by atoms with Crippen molar-refractivity contribution >= 4 is 11.6 Å². The second kappa shape index (κ2) is 8.36. The molecule has 2 aromatic rings. The summed E-state index contributed by atoms with van der Waals surface area (Å²) >= 11 is 0. The van der Waals surface area contributed by atoms with Gasteiger partial charge in [-0.05, 0) is 62.2 Å². The maximum absolute atomic E-state index is 13.1. The van der Waals surface area contributed by atoms with Crippen LogP contribution in [0, 0.1) is 6.92 Å². The van der Waals surface area contributed by atoms with Crippen molar-refractivity contribution in [3.8, 4) is 0 Å². The predicted molar refractivity (Wildman–Crippen MR) is 115 cm³/mol. The molecule has 1 atom stereocenters. The molecular weight excluding hydrogens is 346 g/mol. The van der Waals surface area contributed by atoms with Crippen LogP contribution in [-0.4, -0.2) is 62.0 Å². The Morgan fingerprint density at radius 1 is 0.929 bits per heavy atom. The normalized spacial score (nSPS) is 21.0. The topological polar surface area (TPSA) is 26.8 Å². The minimum Gasteiger partial charge on any atom is -0.369 e. The van der Waals surface area contributed by atoms with Gasteiger partial charge in [0.25, 0.3) is 5.91 Å². The third-order valence-corrected chi connectivity index (χ3v) is 6.32. The van der Waals surface area contributed by atoms with Gasteiger partial charge in [-0.3, -0.25) is 4.79 Å². The number of amides is 1. The number of hydrogen-bond donors (Lipinski definition) is 0. The van der Waals surface area contributed by atoms with E-state index in [1.165, 1.54) is 16.8 Å². The van der Waals surface area contributed by atoms with E-state index in [0.717, 1.165) is 57.7 Å². The van der Waals surface area contributed by atoms with E-state index in [4.69, 9.17) is 0 Å². The highest BCUT2D eigenvalue weighted by atomic mass is 16.2. The number of piperidine rings is 1. The van der Waals surface area contributed by atoms with Crippen molar-refractivity contribution < 1.29 is 4.79 Å². The SMILES string of the molecule is Cc1ccccc1[C@@H]1CCCN(C(=O)c2ccc(N3CCN(C)CC3)cc2)C1. The van der Waals surface area contributed by atoms with Crippen molar-refractivity contribution in [3.05, 3.63) is 65.2 Å². The van der Waals surface area contributed by atoms with Crippen LogP contribution >= 0.6 is 0 Å². The lowest BCUT2D eigenvalue weighted by atomic mass is 9.88. The largest absolute Gasteiger partial charge is 0.369 e. The molecule has 2 aliphatic heterocycles. The molecule has 1 amide bonds. The third-order valence-electron chi connectivity index (χ3n) is 6.32. The van der Waals surface area contributed by atoms with Crippen LogP contribution in [0.5, 0.6) is 0 Å². The van der Waals surface area contributed by atoms with E-state index in [1.807, 2.05) is 17.0 Å². The van der Waals surface area contributed by atoms with E-state index in [1.54, 1.807) is 0 Å². The van der Waals surface area contributed by atoms with Gasteiger partial charge in [-0.25, -0.2) is 0 Å². The minimum absolute atomic E-state index is 0.170. The number of carbonyl (C=O) groups excluding carboxylic acids is 1. The molecule has 0 spiro atoms. The summed E-state index contributed by atoms with van der Waals surface area (Å²) in [5.74, 6) is 0.617. The van der Waals surface area contributed by atoms with Gasteiger partial charge in [0, 0.05) is 56.4 Å². The Hall–Kier alpha value is -2.33. The zero-order chi connectivity index (χ0) is 19.5. The van der Waals surface area contributed by atoms with E-state index >= 15 is 0 Å². The van der Waals surface area contributed by atoms with Crippen LogP contribution in [-0.2, 0) is 0 Å². The Kier molecular flexibility index (Phi) is 5.67. The molecule has 2 saturated heterocycles. The monoisotopic (exact) mass is 377 g/mol. The molecule has 4 heteroatoms. The van der Waals surface area contributed by atoms with Crippen molar-refractivity contribution in [1.29, 1.82) is 0 Å². The number of piperazine rings is 1. The van der Waals surface area contributed by atoms with Gasteiger partial charge >= 0.3 is 0 Å². The fourth-order valence-electron chi connectivity index (χ4n) is 4.52. The van der Waals surface area contributed by atoms with Crippen molar-refractivity contribution in [2.45, 2.75) is 25.7 Å². The number of nitrogens with zero attached hydrogens (tertiary/aromatic N) is 3. The maximum atomic E-state index is 13.1. The van der Waals surface area contributed by atoms with Gasteiger partial charge in [0.15, 0.2) is 0 Å². The quantitative estimate of drug-likeness (QED) is 0.815. The first kappa shape index (κ1) is 19.0. The van der Waals surface area contributed by atoms with Crippen LogP contribution in [0.2, 0.25) is 0 Å². The number of aryl methyl sites for hydroxylation is 1. The number of carbonyl (C=O) groups is 1. The summed E-state index contributed by atoms with van der Waals surface area (Å²) in [6.45, 7) is 8.14. The van der Waals surface area contributed by atoms with E-state index in [-0.39, 0.29) is 5.91 Å². The molecule has 0 bridgehead atoms. The number of likely N-dealkylation sites (N-methyl/N-ethyl adjacent to an activating group) is 1. The summed E-state index contributed by atoms with van der Waals surface area (Å²) in [7, 11) is 2.17. The van der Waals surface area contributed by atoms with Crippen molar-refractivity contribution in [1.82, 2.24) is 9.80 Å². The summed E-state index contributed by atoms with van der Waals surface area (Å²) in [5, 5.41) is 0. The maximum Gasteiger partial charge on any atom is 0.253 e. The second-order valence-electron chi connectivity index (χ2n) is 8.28. The van der Waals surface area contributed by atoms with Crippen molar-refractivity contribution in [2.24, 2.45) is 0 Å². The number of anilines is 1. The highest BCUT2D eigenvalue weighted by Crippen LogP contribution is 2.30. The smallest absolute Gasteiger partial charge is 0.253 e. The Morgan fingerprint density at radius 2 is 1.64 bits per heavy atom. The van der Waals surface area contributed by atoms with Crippen LogP contribution in [0.3, 0.4) is 0 Å². The lowest BCUT2D eigenvalue weighted by molar-refractivity contribution is 0.0707. The summed E-state index contributed by atoms with van der Waals surface area (Å²) in [6.07, 6.45) is 2.24. The average molecular weight is 378 g/mol. The number of hydrogen-bond acceptors (Lipinski definition) is 3. The molecule has 148 valence electrons. The summed E-state index contributed by atoms with van der Waals surface area (Å²) in [6, 6.07) is 16.8. The molecule has 0 saturated carbocycles. The molecule has 0 N–H and O–H groups in total. The third kappa shape index (κ3) is 4.07. The molecule has 2 heterocycles. The fourth-order valence-corrected chi connectivity index (χ4v) is 4.52. The molecule has 0 aromatic heterocycles. The first-order valence-electron chi connectivity index (χ1n) is 10.5. The van der Waals surface area contributed by atoms with Gasteiger partial charge in [-0.2, -0.15) is 0 Å². The highest BCUT2D eigenvalue weighted by molar-refractivity contribution is 5.94. The van der Waals surface area contributed by atoms with E-state index in [9.17, 15) is 4.79 Å². The first-order valence-corrected chi connectivity index (χ1v) is 10.5. The highest BCUT2D eigenvalue weighted by Gasteiger charge is 2.26. The Morgan fingerprint density at radius 3 is 2.36 bits per heavy atom. The van der Waals surface area contributed by atoms with Crippen molar-refractivity contribution in [3.63, 3.8) is 0 Å². The average Bonchev–Trinajstić information content (AvgIpc) is 2.74. The van der Waals surface area contributed by atoms with Crippen LogP contribution in [0.15, 0.2) is 48.5 Å². The number of likely N-dealkylation sites (tertiary alicyclic amines) is 1. The van der Waals surface area contributed by atoms with Crippen LogP contribution < -0.4 is 4.90 Å². The van der Waals surface area contributed by atoms with Gasteiger partial charge in [-0.15, -0.1) is 0 Å². The van der Waals surface area contributed by atoms with Gasteiger partial charge in [-0.1, -0.05) is 24.3 Å². The molecule has 2 fully saturated rings.